The Kier molecular flexibility index (Phi) is 6.14. The number of halogens is 8. The predicted molar refractivity (Wildman–Crippen MR) is 102 cm³/mol. The number of rotatable bonds is 3. The quantitative estimate of drug-likeness (QED) is 0.331. The minimum Gasteiger partial charge on any atom is -0.309 e. The summed E-state index contributed by atoms with van der Waals surface area (Å²) in [4.78, 5) is 21.1. The Balaban J connectivity index is 2.12. The molecule has 0 unspecified atom stereocenters. The molecule has 3 aromatic rings. The van der Waals surface area contributed by atoms with Crippen LogP contribution < -0.4 is 4.90 Å². The third-order valence-electron chi connectivity index (χ3n) is 4.40. The highest BCUT2D eigenvalue weighted by atomic mass is 35.5. The van der Waals surface area contributed by atoms with Crippen molar-refractivity contribution in [3.05, 3.63) is 76.6 Å². The fourth-order valence-electron chi connectivity index (χ4n) is 2.87. The molecular weight excluding hydrogens is 467 g/mol. The summed E-state index contributed by atoms with van der Waals surface area (Å²) in [6.45, 7) is 0. The van der Waals surface area contributed by atoms with Gasteiger partial charge in [-0.3, -0.25) is 9.78 Å². The van der Waals surface area contributed by atoms with Crippen molar-refractivity contribution in [1.82, 2.24) is 9.97 Å². The Morgan fingerprint density at radius 3 is 2.09 bits per heavy atom. The van der Waals surface area contributed by atoms with Crippen LogP contribution >= 0.6 is 11.6 Å². The average Bonchev–Trinajstić information content (AvgIpc) is 2.73. The first-order valence-corrected chi connectivity index (χ1v) is 9.00. The number of alkyl halides is 6. The van der Waals surface area contributed by atoms with E-state index in [1.807, 2.05) is 0 Å². The van der Waals surface area contributed by atoms with Crippen molar-refractivity contribution in [3.8, 4) is 11.1 Å². The lowest BCUT2D eigenvalue weighted by atomic mass is 10.0. The summed E-state index contributed by atoms with van der Waals surface area (Å²) in [6, 6.07) is 2.92. The molecule has 0 aliphatic rings. The summed E-state index contributed by atoms with van der Waals surface area (Å²) in [7, 11) is 1.12. The molecule has 0 aliphatic carbocycles. The third-order valence-corrected chi connectivity index (χ3v) is 4.70. The van der Waals surface area contributed by atoms with Gasteiger partial charge in [-0.05, 0) is 30.3 Å². The highest BCUT2D eigenvalue weighted by molar-refractivity contribution is 6.32. The van der Waals surface area contributed by atoms with Crippen molar-refractivity contribution in [3.63, 3.8) is 0 Å². The number of carbonyl (C=O) groups is 1. The molecule has 0 atom stereocenters. The maximum atomic E-state index is 13.7. The number of carbonyl (C=O) groups excluding carboxylic acids is 1. The van der Waals surface area contributed by atoms with E-state index in [1.54, 1.807) is 0 Å². The minimum absolute atomic E-state index is 0.0437. The molecule has 32 heavy (non-hydrogen) atoms. The molecule has 0 N–H and O–H groups in total. The number of anilines is 1. The number of nitrogens with zero attached hydrogens (tertiary/aromatic N) is 3. The fourth-order valence-corrected chi connectivity index (χ4v) is 3.08. The fraction of sp³-hybridized carbons (Fsp3) is 0.150. The Morgan fingerprint density at radius 1 is 0.938 bits per heavy atom. The zero-order valence-corrected chi connectivity index (χ0v) is 16.6. The molecule has 1 aromatic carbocycles. The number of hydrogen-bond acceptors (Lipinski definition) is 3. The molecule has 0 saturated carbocycles. The van der Waals surface area contributed by atoms with E-state index in [4.69, 9.17) is 11.6 Å². The second-order valence-electron chi connectivity index (χ2n) is 6.54. The van der Waals surface area contributed by atoms with E-state index in [9.17, 15) is 35.5 Å². The topological polar surface area (TPSA) is 46.1 Å². The van der Waals surface area contributed by atoms with Crippen LogP contribution in [0.1, 0.15) is 21.5 Å². The van der Waals surface area contributed by atoms with Crippen LogP contribution in [0.15, 0.2) is 48.9 Å². The molecule has 3 rings (SSSR count). The van der Waals surface area contributed by atoms with E-state index in [-0.39, 0.29) is 28.0 Å². The average molecular weight is 478 g/mol. The van der Waals surface area contributed by atoms with Gasteiger partial charge in [-0.15, -0.1) is 0 Å². The van der Waals surface area contributed by atoms with E-state index < -0.39 is 40.8 Å². The van der Waals surface area contributed by atoms with Crippen LogP contribution in [0.2, 0.25) is 5.15 Å². The molecule has 168 valence electrons. The van der Waals surface area contributed by atoms with Crippen molar-refractivity contribution < 1.29 is 35.5 Å². The van der Waals surface area contributed by atoms with Gasteiger partial charge in [-0.2, -0.15) is 26.3 Å². The van der Waals surface area contributed by atoms with Crippen molar-refractivity contribution in [2.75, 3.05) is 11.9 Å². The summed E-state index contributed by atoms with van der Waals surface area (Å²) in [6.07, 6.45) is -6.97. The van der Waals surface area contributed by atoms with E-state index in [2.05, 4.69) is 9.97 Å². The third kappa shape index (κ3) is 4.82. The zero-order chi connectivity index (χ0) is 23.8. The van der Waals surface area contributed by atoms with Crippen molar-refractivity contribution in [2.24, 2.45) is 0 Å². The van der Waals surface area contributed by atoms with Gasteiger partial charge in [0.25, 0.3) is 5.91 Å². The number of aromatic nitrogens is 2. The molecular formula is C20H11ClF7N3O. The molecule has 2 aromatic heterocycles. The van der Waals surface area contributed by atoms with E-state index in [0.717, 1.165) is 30.4 Å². The zero-order valence-electron chi connectivity index (χ0n) is 15.9. The predicted octanol–water partition coefficient (Wildman–Crippen LogP) is 6.25. The molecule has 2 heterocycles. The smallest absolute Gasteiger partial charge is 0.309 e. The first-order valence-electron chi connectivity index (χ1n) is 8.62. The Hall–Kier alpha value is -3.21. The minimum atomic E-state index is -5.12. The largest absolute Gasteiger partial charge is 0.416 e. The standard InChI is InChI=1S/C20H11ClF7N3O/c1-31(16-9-29-3-2-14(16)15-7-13(22)8-30-17(15)21)18(32)10-4-11(19(23,24)25)6-12(5-10)20(26,27)28/h2-9H,1H3. The maximum absolute atomic E-state index is 13.7. The normalized spacial score (nSPS) is 12.0. The van der Waals surface area contributed by atoms with Gasteiger partial charge in [-0.25, -0.2) is 9.37 Å². The van der Waals surface area contributed by atoms with Gasteiger partial charge in [0.15, 0.2) is 0 Å². The Morgan fingerprint density at radius 2 is 1.53 bits per heavy atom. The van der Waals surface area contributed by atoms with Gasteiger partial charge in [0.1, 0.15) is 11.0 Å². The molecule has 0 fully saturated rings. The number of benzene rings is 1. The Labute approximate surface area is 181 Å². The first-order chi connectivity index (χ1) is 14.8. The molecule has 4 nitrogen and oxygen atoms in total. The van der Waals surface area contributed by atoms with E-state index in [0.29, 0.717) is 12.1 Å². The lowest BCUT2D eigenvalue weighted by molar-refractivity contribution is -0.143. The Bertz CT molecular complexity index is 1150. The molecule has 0 saturated heterocycles. The van der Waals surface area contributed by atoms with Gasteiger partial charge < -0.3 is 4.90 Å². The molecule has 0 bridgehead atoms. The van der Waals surface area contributed by atoms with Gasteiger partial charge in [0.2, 0.25) is 0 Å². The van der Waals surface area contributed by atoms with Gasteiger partial charge in [-0.1, -0.05) is 11.6 Å². The van der Waals surface area contributed by atoms with Crippen LogP contribution in [0.3, 0.4) is 0 Å². The molecule has 0 aliphatic heterocycles. The number of amides is 1. The summed E-state index contributed by atoms with van der Waals surface area (Å²) < 4.78 is 92.5. The van der Waals surface area contributed by atoms with Crippen LogP contribution in [0.5, 0.6) is 0 Å². The van der Waals surface area contributed by atoms with Crippen molar-refractivity contribution >= 4 is 23.2 Å². The van der Waals surface area contributed by atoms with Crippen LogP contribution in [0, 0.1) is 5.82 Å². The molecule has 12 heteroatoms. The summed E-state index contributed by atoms with van der Waals surface area (Å²) in [5, 5.41) is -0.141. The number of hydrogen-bond donors (Lipinski definition) is 0. The van der Waals surface area contributed by atoms with Crippen molar-refractivity contribution in [1.29, 1.82) is 0 Å². The monoisotopic (exact) mass is 477 g/mol. The second kappa shape index (κ2) is 8.38. The summed E-state index contributed by atoms with van der Waals surface area (Å²) in [5.74, 6) is -1.94. The van der Waals surface area contributed by atoms with E-state index >= 15 is 0 Å². The molecule has 0 radical (unpaired) electrons. The molecule has 1 amide bonds. The molecule has 0 spiro atoms. The van der Waals surface area contributed by atoms with Gasteiger partial charge in [0, 0.05) is 29.9 Å². The van der Waals surface area contributed by atoms with Gasteiger partial charge >= 0.3 is 12.4 Å². The highest BCUT2D eigenvalue weighted by Gasteiger charge is 2.38. The second-order valence-corrected chi connectivity index (χ2v) is 6.90. The summed E-state index contributed by atoms with van der Waals surface area (Å²) >= 11 is 5.99. The number of pyridine rings is 2. The van der Waals surface area contributed by atoms with Crippen LogP contribution in [-0.2, 0) is 12.4 Å². The first kappa shape index (κ1) is 23.5. The van der Waals surface area contributed by atoms with Crippen LogP contribution in [0.25, 0.3) is 11.1 Å². The summed E-state index contributed by atoms with van der Waals surface area (Å²) in [5.41, 5.74) is -3.98. The SMILES string of the molecule is CN(C(=O)c1cc(C(F)(F)F)cc(C(F)(F)F)c1)c1cnccc1-c1cc(F)cnc1Cl. The van der Waals surface area contributed by atoms with Crippen molar-refractivity contribution in [2.45, 2.75) is 12.4 Å². The highest BCUT2D eigenvalue weighted by Crippen LogP contribution is 2.38. The van der Waals surface area contributed by atoms with E-state index in [1.165, 1.54) is 12.3 Å². The lowest BCUT2D eigenvalue weighted by Gasteiger charge is -2.22. The lowest BCUT2D eigenvalue weighted by Crippen LogP contribution is -2.28. The van der Waals surface area contributed by atoms with Crippen LogP contribution in [0.4, 0.5) is 36.4 Å². The van der Waals surface area contributed by atoms with Gasteiger partial charge in [0.05, 0.1) is 29.2 Å². The van der Waals surface area contributed by atoms with Crippen LogP contribution in [-0.4, -0.2) is 22.9 Å². The maximum Gasteiger partial charge on any atom is 0.416 e.